The van der Waals surface area contributed by atoms with Gasteiger partial charge in [-0.05, 0) is 24.5 Å². The molecule has 0 amide bonds. The molecule has 1 fully saturated rings. The van der Waals surface area contributed by atoms with E-state index in [1.165, 1.54) is 12.8 Å². The Balaban J connectivity index is 2.09. The number of rotatable bonds is 3. The molecule has 1 aromatic heterocycles. The second-order valence-electron chi connectivity index (χ2n) is 3.66. The minimum atomic E-state index is 0.0150. The standard InChI is InChI=1S/C10H13ClN2/c11-8-2-1-5-13-10(8)9(12)6-7-3-4-7/h1-2,5,7,9H,3-4,6,12H2. The van der Waals surface area contributed by atoms with Gasteiger partial charge in [-0.1, -0.05) is 24.4 Å². The molecule has 0 aliphatic heterocycles. The predicted molar refractivity (Wildman–Crippen MR) is 53.5 cm³/mol. The van der Waals surface area contributed by atoms with E-state index >= 15 is 0 Å². The Morgan fingerprint density at radius 3 is 3.00 bits per heavy atom. The zero-order chi connectivity index (χ0) is 9.26. The first-order chi connectivity index (χ1) is 6.27. The number of hydrogen-bond acceptors (Lipinski definition) is 2. The normalized spacial score (nSPS) is 18.6. The van der Waals surface area contributed by atoms with Crippen molar-refractivity contribution < 1.29 is 0 Å². The van der Waals surface area contributed by atoms with E-state index in [1.807, 2.05) is 12.1 Å². The summed E-state index contributed by atoms with van der Waals surface area (Å²) in [6.45, 7) is 0. The lowest BCUT2D eigenvalue weighted by atomic mass is 10.1. The van der Waals surface area contributed by atoms with Crippen molar-refractivity contribution in [3.8, 4) is 0 Å². The van der Waals surface area contributed by atoms with E-state index in [1.54, 1.807) is 6.20 Å². The molecule has 2 nitrogen and oxygen atoms in total. The quantitative estimate of drug-likeness (QED) is 0.807. The molecule has 0 radical (unpaired) electrons. The molecule has 1 heterocycles. The monoisotopic (exact) mass is 196 g/mol. The highest BCUT2D eigenvalue weighted by Gasteiger charge is 2.25. The van der Waals surface area contributed by atoms with E-state index in [9.17, 15) is 0 Å². The molecule has 0 aromatic carbocycles. The highest BCUT2D eigenvalue weighted by Crippen LogP contribution is 2.37. The Labute approximate surface area is 83.1 Å². The zero-order valence-electron chi connectivity index (χ0n) is 7.41. The summed E-state index contributed by atoms with van der Waals surface area (Å²) in [5.74, 6) is 0.813. The van der Waals surface area contributed by atoms with Crippen LogP contribution in [0.2, 0.25) is 5.02 Å². The SMILES string of the molecule is NC(CC1CC1)c1ncccc1Cl. The number of pyridine rings is 1. The molecule has 0 bridgehead atoms. The van der Waals surface area contributed by atoms with Crippen LogP contribution in [0.25, 0.3) is 0 Å². The summed E-state index contributed by atoms with van der Waals surface area (Å²) in [7, 11) is 0. The van der Waals surface area contributed by atoms with Gasteiger partial charge in [0, 0.05) is 12.2 Å². The first kappa shape index (κ1) is 8.97. The number of nitrogens with two attached hydrogens (primary N) is 1. The summed E-state index contributed by atoms with van der Waals surface area (Å²) in [6.07, 6.45) is 5.40. The van der Waals surface area contributed by atoms with Crippen LogP contribution >= 0.6 is 11.6 Å². The first-order valence-corrected chi connectivity index (χ1v) is 5.01. The molecule has 0 spiro atoms. The highest BCUT2D eigenvalue weighted by molar-refractivity contribution is 6.31. The van der Waals surface area contributed by atoms with E-state index in [0.717, 1.165) is 18.0 Å². The van der Waals surface area contributed by atoms with E-state index < -0.39 is 0 Å². The Morgan fingerprint density at radius 1 is 1.62 bits per heavy atom. The van der Waals surface area contributed by atoms with Gasteiger partial charge in [-0.15, -0.1) is 0 Å². The van der Waals surface area contributed by atoms with Crippen LogP contribution in [0.3, 0.4) is 0 Å². The van der Waals surface area contributed by atoms with Gasteiger partial charge in [0.05, 0.1) is 10.7 Å². The summed E-state index contributed by atoms with van der Waals surface area (Å²) < 4.78 is 0. The summed E-state index contributed by atoms with van der Waals surface area (Å²) in [5, 5.41) is 0.690. The fourth-order valence-corrected chi connectivity index (χ4v) is 1.76. The Morgan fingerprint density at radius 2 is 2.38 bits per heavy atom. The third kappa shape index (κ3) is 2.20. The smallest absolute Gasteiger partial charge is 0.0756 e. The van der Waals surface area contributed by atoms with Gasteiger partial charge >= 0.3 is 0 Å². The third-order valence-electron chi connectivity index (χ3n) is 2.42. The van der Waals surface area contributed by atoms with Crippen molar-refractivity contribution in [2.45, 2.75) is 25.3 Å². The summed E-state index contributed by atoms with van der Waals surface area (Å²) in [4.78, 5) is 4.20. The van der Waals surface area contributed by atoms with Gasteiger partial charge in [0.1, 0.15) is 0 Å². The van der Waals surface area contributed by atoms with Crippen LogP contribution in [0, 0.1) is 5.92 Å². The fourth-order valence-electron chi connectivity index (χ4n) is 1.50. The number of nitrogens with zero attached hydrogens (tertiary/aromatic N) is 1. The average Bonchev–Trinajstić information content (AvgIpc) is 2.89. The lowest BCUT2D eigenvalue weighted by Gasteiger charge is -2.11. The minimum Gasteiger partial charge on any atom is -0.323 e. The third-order valence-corrected chi connectivity index (χ3v) is 2.74. The molecule has 1 saturated carbocycles. The second kappa shape index (κ2) is 3.64. The first-order valence-electron chi connectivity index (χ1n) is 4.63. The van der Waals surface area contributed by atoms with Crippen molar-refractivity contribution in [3.63, 3.8) is 0 Å². The van der Waals surface area contributed by atoms with E-state index in [0.29, 0.717) is 5.02 Å². The average molecular weight is 197 g/mol. The van der Waals surface area contributed by atoms with Gasteiger partial charge in [0.15, 0.2) is 0 Å². The van der Waals surface area contributed by atoms with Crippen molar-refractivity contribution in [3.05, 3.63) is 29.0 Å². The van der Waals surface area contributed by atoms with Crippen molar-refractivity contribution >= 4 is 11.6 Å². The van der Waals surface area contributed by atoms with Gasteiger partial charge < -0.3 is 5.73 Å². The Kier molecular flexibility index (Phi) is 2.51. The topological polar surface area (TPSA) is 38.9 Å². The predicted octanol–water partition coefficient (Wildman–Crippen LogP) is 2.53. The van der Waals surface area contributed by atoms with Crippen LogP contribution in [-0.2, 0) is 0 Å². The van der Waals surface area contributed by atoms with Gasteiger partial charge in [0.2, 0.25) is 0 Å². The van der Waals surface area contributed by atoms with Crippen LogP contribution in [0.5, 0.6) is 0 Å². The van der Waals surface area contributed by atoms with Crippen molar-refractivity contribution in [2.75, 3.05) is 0 Å². The molecule has 1 aliphatic rings. The van der Waals surface area contributed by atoms with Crippen molar-refractivity contribution in [1.29, 1.82) is 0 Å². The maximum atomic E-state index is 5.99. The Hall–Kier alpha value is -0.600. The summed E-state index contributed by atoms with van der Waals surface area (Å²) in [5.41, 5.74) is 6.83. The zero-order valence-corrected chi connectivity index (χ0v) is 8.17. The van der Waals surface area contributed by atoms with Gasteiger partial charge in [-0.2, -0.15) is 0 Å². The van der Waals surface area contributed by atoms with Crippen LogP contribution < -0.4 is 5.73 Å². The van der Waals surface area contributed by atoms with E-state index in [-0.39, 0.29) is 6.04 Å². The maximum absolute atomic E-state index is 5.99. The van der Waals surface area contributed by atoms with Crippen LogP contribution in [-0.4, -0.2) is 4.98 Å². The lowest BCUT2D eigenvalue weighted by molar-refractivity contribution is 0.584. The molecule has 13 heavy (non-hydrogen) atoms. The van der Waals surface area contributed by atoms with E-state index in [4.69, 9.17) is 17.3 Å². The van der Waals surface area contributed by atoms with Gasteiger partial charge in [-0.25, -0.2) is 0 Å². The molecule has 1 unspecified atom stereocenters. The Bertz CT molecular complexity index is 297. The van der Waals surface area contributed by atoms with Crippen molar-refractivity contribution in [2.24, 2.45) is 11.7 Å². The molecule has 1 aromatic rings. The molecule has 1 aliphatic carbocycles. The molecule has 1 atom stereocenters. The molecule has 3 heteroatoms. The molecular formula is C10H13ClN2. The molecule has 70 valence electrons. The number of hydrogen-bond donors (Lipinski definition) is 1. The number of halogens is 1. The number of aromatic nitrogens is 1. The molecule has 0 saturated heterocycles. The maximum Gasteiger partial charge on any atom is 0.0756 e. The fraction of sp³-hybridized carbons (Fsp3) is 0.500. The highest BCUT2D eigenvalue weighted by atomic mass is 35.5. The minimum absolute atomic E-state index is 0.0150. The lowest BCUT2D eigenvalue weighted by Crippen LogP contribution is -2.13. The largest absolute Gasteiger partial charge is 0.323 e. The van der Waals surface area contributed by atoms with Gasteiger partial charge in [-0.3, -0.25) is 4.98 Å². The molecule has 2 rings (SSSR count). The summed E-state index contributed by atoms with van der Waals surface area (Å²) >= 11 is 5.98. The van der Waals surface area contributed by atoms with Crippen LogP contribution in [0.4, 0.5) is 0 Å². The van der Waals surface area contributed by atoms with E-state index in [2.05, 4.69) is 4.98 Å². The summed E-state index contributed by atoms with van der Waals surface area (Å²) in [6, 6.07) is 3.69. The van der Waals surface area contributed by atoms with Crippen molar-refractivity contribution in [1.82, 2.24) is 4.98 Å². The van der Waals surface area contributed by atoms with Gasteiger partial charge in [0.25, 0.3) is 0 Å². The second-order valence-corrected chi connectivity index (χ2v) is 4.06. The van der Waals surface area contributed by atoms with Crippen LogP contribution in [0.15, 0.2) is 18.3 Å². The molecular weight excluding hydrogens is 184 g/mol. The van der Waals surface area contributed by atoms with Crippen LogP contribution in [0.1, 0.15) is 31.0 Å². The molecule has 2 N–H and O–H groups in total.